The van der Waals surface area contributed by atoms with Crippen LogP contribution in [0.1, 0.15) is 19.3 Å². The summed E-state index contributed by atoms with van der Waals surface area (Å²) in [6, 6.07) is 5.39. The van der Waals surface area contributed by atoms with Crippen LogP contribution in [0.25, 0.3) is 0 Å². The number of hydrogen-bond acceptors (Lipinski definition) is 5. The zero-order valence-electron chi connectivity index (χ0n) is 11.1. The van der Waals surface area contributed by atoms with E-state index in [1.165, 1.54) is 25.3 Å². The van der Waals surface area contributed by atoms with E-state index in [0.717, 1.165) is 29.4 Å². The first-order valence-electron chi connectivity index (χ1n) is 7.20. The van der Waals surface area contributed by atoms with E-state index < -0.39 is 0 Å². The minimum absolute atomic E-state index is 0.0664. The normalized spacial score (nSPS) is 36.5. The monoisotopic (exact) mass is 274 g/mol. The number of nitrogens with two attached hydrogens (primary N) is 1. The van der Waals surface area contributed by atoms with Gasteiger partial charge in [-0.2, -0.15) is 0 Å². The molecule has 4 atom stereocenters. The summed E-state index contributed by atoms with van der Waals surface area (Å²) in [5, 5.41) is 14.4. The van der Waals surface area contributed by atoms with Gasteiger partial charge in [0, 0.05) is 23.9 Å². The Morgan fingerprint density at radius 3 is 2.40 bits per heavy atom. The summed E-state index contributed by atoms with van der Waals surface area (Å²) in [6.07, 6.45) is 4.14. The molecule has 4 N–H and O–H groups in total. The Kier molecular flexibility index (Phi) is 2.44. The van der Waals surface area contributed by atoms with Gasteiger partial charge in [0.2, 0.25) is 0 Å². The van der Waals surface area contributed by atoms with Crippen molar-refractivity contribution in [2.75, 3.05) is 10.7 Å². The molecule has 4 unspecified atom stereocenters. The molecule has 1 aromatic rings. The fourth-order valence-electron chi connectivity index (χ4n) is 4.59. The second-order valence-corrected chi connectivity index (χ2v) is 6.33. The van der Waals surface area contributed by atoms with Gasteiger partial charge in [0.25, 0.3) is 5.69 Å². The lowest BCUT2D eigenvalue weighted by molar-refractivity contribution is -0.384. The Balaban J connectivity index is 1.55. The van der Waals surface area contributed by atoms with Crippen LogP contribution in [-0.2, 0) is 0 Å². The minimum atomic E-state index is -0.385. The van der Waals surface area contributed by atoms with Crippen LogP contribution >= 0.6 is 0 Å². The van der Waals surface area contributed by atoms with Crippen molar-refractivity contribution >= 4 is 17.1 Å². The first-order valence-corrected chi connectivity index (χ1v) is 7.20. The molecule has 3 fully saturated rings. The SMILES string of the molecule is NNc1cc(NC2C3C4CCC(C4)C23)cc([N+](=O)[O-])c1. The number of nitro benzene ring substituents is 1. The van der Waals surface area contributed by atoms with E-state index in [9.17, 15) is 10.1 Å². The second kappa shape index (κ2) is 4.09. The van der Waals surface area contributed by atoms with Crippen LogP contribution in [0.15, 0.2) is 18.2 Å². The average Bonchev–Trinajstić information content (AvgIpc) is 2.85. The number of nitrogens with zero attached hydrogens (tertiary/aromatic N) is 1. The molecular formula is C14H18N4O2. The molecule has 106 valence electrons. The predicted octanol–water partition coefficient (Wildman–Crippen LogP) is 2.34. The van der Waals surface area contributed by atoms with Crippen molar-refractivity contribution in [2.45, 2.75) is 25.3 Å². The fraction of sp³-hybridized carbons (Fsp3) is 0.571. The van der Waals surface area contributed by atoms with Crippen molar-refractivity contribution in [2.24, 2.45) is 29.5 Å². The molecule has 2 bridgehead atoms. The molecule has 0 amide bonds. The van der Waals surface area contributed by atoms with Crippen LogP contribution in [0.2, 0.25) is 0 Å². The van der Waals surface area contributed by atoms with Crippen molar-refractivity contribution < 1.29 is 4.92 Å². The molecule has 3 aliphatic carbocycles. The number of hydrogen-bond donors (Lipinski definition) is 3. The number of hydrazine groups is 1. The highest BCUT2D eigenvalue weighted by Crippen LogP contribution is 2.66. The van der Waals surface area contributed by atoms with Gasteiger partial charge >= 0.3 is 0 Å². The summed E-state index contributed by atoms with van der Waals surface area (Å²) >= 11 is 0. The summed E-state index contributed by atoms with van der Waals surface area (Å²) in [7, 11) is 0. The minimum Gasteiger partial charge on any atom is -0.381 e. The molecule has 1 aromatic carbocycles. The smallest absolute Gasteiger partial charge is 0.273 e. The third kappa shape index (κ3) is 1.67. The van der Waals surface area contributed by atoms with Crippen LogP contribution in [0, 0.1) is 33.8 Å². The van der Waals surface area contributed by atoms with Gasteiger partial charge in [0.05, 0.1) is 10.6 Å². The van der Waals surface area contributed by atoms with Crippen molar-refractivity contribution in [1.82, 2.24) is 0 Å². The Bertz CT molecular complexity index is 560. The molecule has 3 saturated carbocycles. The number of nitrogen functional groups attached to an aromatic ring is 1. The molecule has 6 nitrogen and oxygen atoms in total. The van der Waals surface area contributed by atoms with Crippen LogP contribution in [0.4, 0.5) is 17.1 Å². The molecule has 20 heavy (non-hydrogen) atoms. The van der Waals surface area contributed by atoms with Crippen LogP contribution in [-0.4, -0.2) is 11.0 Å². The molecule has 4 rings (SSSR count). The van der Waals surface area contributed by atoms with Gasteiger partial charge in [-0.05, 0) is 49.0 Å². The summed E-state index contributed by atoms with van der Waals surface area (Å²) in [5.41, 5.74) is 3.92. The van der Waals surface area contributed by atoms with E-state index in [2.05, 4.69) is 10.7 Å². The van der Waals surface area contributed by atoms with Crippen LogP contribution in [0.5, 0.6) is 0 Å². The number of fused-ring (bicyclic) bond motifs is 5. The molecule has 0 aliphatic heterocycles. The van der Waals surface area contributed by atoms with Crippen LogP contribution in [0.3, 0.4) is 0 Å². The highest BCUT2D eigenvalue weighted by molar-refractivity contribution is 5.64. The zero-order valence-corrected chi connectivity index (χ0v) is 11.1. The molecule has 0 aromatic heterocycles. The van der Waals surface area contributed by atoms with Crippen molar-refractivity contribution in [1.29, 1.82) is 0 Å². The van der Waals surface area contributed by atoms with Gasteiger partial charge in [0.15, 0.2) is 0 Å². The second-order valence-electron chi connectivity index (χ2n) is 6.33. The quantitative estimate of drug-likeness (QED) is 0.445. The number of nitrogens with one attached hydrogen (secondary N) is 2. The van der Waals surface area contributed by atoms with E-state index in [-0.39, 0.29) is 10.6 Å². The molecule has 6 heteroatoms. The van der Waals surface area contributed by atoms with Gasteiger partial charge in [-0.25, -0.2) is 0 Å². The maximum Gasteiger partial charge on any atom is 0.273 e. The average molecular weight is 274 g/mol. The summed E-state index contributed by atoms with van der Waals surface area (Å²) in [4.78, 5) is 10.6. The Hall–Kier alpha value is -1.82. The number of nitro groups is 1. The number of non-ortho nitro benzene ring substituents is 1. The maximum absolute atomic E-state index is 10.9. The van der Waals surface area contributed by atoms with Gasteiger partial charge in [-0.1, -0.05) is 0 Å². The lowest BCUT2D eigenvalue weighted by Crippen LogP contribution is -2.13. The number of anilines is 2. The standard InChI is InChI=1S/C14H18N4O2/c15-17-10-4-9(5-11(6-10)18(19)20)16-14-12-7-1-2-8(3-7)13(12)14/h4-8,12-14,16-17H,1-3,15H2. The molecule has 0 spiro atoms. The Labute approximate surface area is 116 Å². The van der Waals surface area contributed by atoms with Gasteiger partial charge < -0.3 is 10.7 Å². The summed E-state index contributed by atoms with van der Waals surface area (Å²) in [6.45, 7) is 0. The highest BCUT2D eigenvalue weighted by Gasteiger charge is 2.65. The molecule has 0 saturated heterocycles. The molecule has 0 radical (unpaired) electrons. The lowest BCUT2D eigenvalue weighted by atomic mass is 10.0. The largest absolute Gasteiger partial charge is 0.381 e. The third-order valence-corrected chi connectivity index (χ3v) is 5.36. The van der Waals surface area contributed by atoms with Gasteiger partial charge in [-0.15, -0.1) is 0 Å². The number of rotatable bonds is 4. The topological polar surface area (TPSA) is 93.2 Å². The third-order valence-electron chi connectivity index (χ3n) is 5.36. The van der Waals surface area contributed by atoms with Gasteiger partial charge in [0.1, 0.15) is 0 Å². The van der Waals surface area contributed by atoms with E-state index in [0.29, 0.717) is 11.7 Å². The zero-order chi connectivity index (χ0) is 13.9. The summed E-state index contributed by atoms with van der Waals surface area (Å²) < 4.78 is 0. The van der Waals surface area contributed by atoms with E-state index in [1.54, 1.807) is 6.07 Å². The predicted molar refractivity (Wildman–Crippen MR) is 76.1 cm³/mol. The molecule has 0 heterocycles. The Morgan fingerprint density at radius 2 is 1.80 bits per heavy atom. The first kappa shape index (κ1) is 12.0. The first-order chi connectivity index (χ1) is 9.67. The molecule has 3 aliphatic rings. The summed E-state index contributed by atoms with van der Waals surface area (Å²) in [5.74, 6) is 8.73. The van der Waals surface area contributed by atoms with Crippen molar-refractivity contribution in [3.63, 3.8) is 0 Å². The van der Waals surface area contributed by atoms with Gasteiger partial charge in [-0.3, -0.25) is 16.0 Å². The maximum atomic E-state index is 10.9. The van der Waals surface area contributed by atoms with E-state index in [1.807, 2.05) is 6.07 Å². The van der Waals surface area contributed by atoms with Crippen molar-refractivity contribution in [3.05, 3.63) is 28.3 Å². The highest BCUT2D eigenvalue weighted by atomic mass is 16.6. The van der Waals surface area contributed by atoms with E-state index in [4.69, 9.17) is 5.84 Å². The fourth-order valence-corrected chi connectivity index (χ4v) is 4.59. The van der Waals surface area contributed by atoms with Crippen molar-refractivity contribution in [3.8, 4) is 0 Å². The Morgan fingerprint density at radius 1 is 1.15 bits per heavy atom. The van der Waals surface area contributed by atoms with E-state index >= 15 is 0 Å². The molecular weight excluding hydrogens is 256 g/mol. The lowest BCUT2D eigenvalue weighted by Gasteiger charge is -2.12. The number of benzene rings is 1. The van der Waals surface area contributed by atoms with Crippen LogP contribution < -0.4 is 16.6 Å².